The molecule has 0 bridgehead atoms. The highest BCUT2D eigenvalue weighted by atomic mass is 16.2. The number of carbonyl (C=O) groups excluding carboxylic acids is 2. The lowest BCUT2D eigenvalue weighted by Crippen LogP contribution is -2.33. The van der Waals surface area contributed by atoms with Crippen LogP contribution < -0.4 is 10.6 Å². The third-order valence-electron chi connectivity index (χ3n) is 3.83. The van der Waals surface area contributed by atoms with E-state index in [1.807, 2.05) is 30.3 Å². The fraction of sp³-hybridized carbons (Fsp3) is 0.353. The van der Waals surface area contributed by atoms with Crippen LogP contribution >= 0.6 is 0 Å². The summed E-state index contributed by atoms with van der Waals surface area (Å²) in [7, 11) is 5.00. The number of rotatable bonds is 7. The van der Waals surface area contributed by atoms with Crippen molar-refractivity contribution in [2.45, 2.75) is 13.0 Å². The molecule has 2 aromatic rings. The van der Waals surface area contributed by atoms with E-state index in [2.05, 4.69) is 15.6 Å². The van der Waals surface area contributed by atoms with Crippen molar-refractivity contribution in [3.05, 3.63) is 47.9 Å². The van der Waals surface area contributed by atoms with Gasteiger partial charge in [0, 0.05) is 27.7 Å². The van der Waals surface area contributed by atoms with Crippen molar-refractivity contribution in [1.82, 2.24) is 19.8 Å². The Morgan fingerprint density at radius 2 is 1.92 bits per heavy atom. The highest BCUT2D eigenvalue weighted by Crippen LogP contribution is 2.13. The summed E-state index contributed by atoms with van der Waals surface area (Å²) in [5.74, 6) is 0.0989. The van der Waals surface area contributed by atoms with E-state index in [4.69, 9.17) is 0 Å². The molecule has 0 unspecified atom stereocenters. The minimum Gasteiger partial charge on any atom is -0.371 e. The van der Waals surface area contributed by atoms with Gasteiger partial charge in [-0.1, -0.05) is 30.3 Å². The number of aromatic nitrogens is 2. The fourth-order valence-corrected chi connectivity index (χ4v) is 2.37. The second-order valence-electron chi connectivity index (χ2n) is 5.45. The van der Waals surface area contributed by atoms with E-state index in [1.165, 1.54) is 11.9 Å². The lowest BCUT2D eigenvalue weighted by molar-refractivity contribution is -0.130. The number of nitrogens with one attached hydrogen (secondary N) is 2. The fourth-order valence-electron chi connectivity index (χ4n) is 2.37. The van der Waals surface area contributed by atoms with Gasteiger partial charge < -0.3 is 20.1 Å². The molecule has 0 aliphatic heterocycles. The second-order valence-corrected chi connectivity index (χ2v) is 5.45. The normalized spacial score (nSPS) is 10.3. The molecule has 1 aromatic carbocycles. The van der Waals surface area contributed by atoms with Crippen LogP contribution in [0, 0.1) is 0 Å². The Morgan fingerprint density at radius 3 is 2.54 bits per heavy atom. The molecular formula is C17H23N5O2. The standard InChI is InChI=1S/C17H23N5O2/c1-18-16-15(17(24)19-2)22(12-20-16)11-14(23)21(3)10-9-13-7-5-4-6-8-13/h4-8,12,18H,9-11H2,1-3H3,(H,19,24). The summed E-state index contributed by atoms with van der Waals surface area (Å²) in [6.45, 7) is 0.689. The number of amides is 2. The van der Waals surface area contributed by atoms with Crippen molar-refractivity contribution in [1.29, 1.82) is 0 Å². The SMILES string of the molecule is CNC(=O)c1c(NC)ncn1CC(=O)N(C)CCc1ccccc1. The van der Waals surface area contributed by atoms with Crippen LogP contribution in [0.25, 0.3) is 0 Å². The second kappa shape index (κ2) is 8.14. The molecule has 7 heteroatoms. The molecule has 2 rings (SSSR count). The molecule has 7 nitrogen and oxygen atoms in total. The van der Waals surface area contributed by atoms with Crippen LogP contribution in [0.15, 0.2) is 36.7 Å². The van der Waals surface area contributed by atoms with E-state index in [0.29, 0.717) is 18.1 Å². The van der Waals surface area contributed by atoms with Crippen molar-refractivity contribution >= 4 is 17.6 Å². The van der Waals surface area contributed by atoms with Crippen LogP contribution in [0.4, 0.5) is 5.82 Å². The molecule has 0 aliphatic rings. The van der Waals surface area contributed by atoms with Crippen LogP contribution in [0.3, 0.4) is 0 Å². The zero-order chi connectivity index (χ0) is 17.5. The first kappa shape index (κ1) is 17.5. The summed E-state index contributed by atoms with van der Waals surface area (Å²) in [5.41, 5.74) is 1.54. The van der Waals surface area contributed by atoms with Crippen molar-refractivity contribution < 1.29 is 9.59 Å². The van der Waals surface area contributed by atoms with Gasteiger partial charge in [0.2, 0.25) is 5.91 Å². The monoisotopic (exact) mass is 329 g/mol. The zero-order valence-electron chi connectivity index (χ0n) is 14.2. The minimum absolute atomic E-state index is 0.0721. The van der Waals surface area contributed by atoms with E-state index in [-0.39, 0.29) is 18.4 Å². The van der Waals surface area contributed by atoms with E-state index in [1.54, 1.807) is 30.6 Å². The Bertz CT molecular complexity index is 696. The van der Waals surface area contributed by atoms with Crippen molar-refractivity contribution in [3.63, 3.8) is 0 Å². The predicted octanol–water partition coefficient (Wildman–Crippen LogP) is 0.986. The maximum Gasteiger partial charge on any atom is 0.271 e. The highest BCUT2D eigenvalue weighted by molar-refractivity contribution is 5.97. The van der Waals surface area contributed by atoms with E-state index >= 15 is 0 Å². The van der Waals surface area contributed by atoms with Gasteiger partial charge in [-0.05, 0) is 12.0 Å². The summed E-state index contributed by atoms with van der Waals surface area (Å²) in [5, 5.41) is 5.43. The van der Waals surface area contributed by atoms with Crippen molar-refractivity contribution in [2.24, 2.45) is 0 Å². The van der Waals surface area contributed by atoms with E-state index < -0.39 is 0 Å². The molecule has 0 aliphatic carbocycles. The van der Waals surface area contributed by atoms with Crippen LogP contribution in [0.2, 0.25) is 0 Å². The molecule has 1 heterocycles. The van der Waals surface area contributed by atoms with Crippen LogP contribution in [0.5, 0.6) is 0 Å². The summed E-state index contributed by atoms with van der Waals surface area (Å²) >= 11 is 0. The number of carbonyl (C=O) groups is 2. The third-order valence-corrected chi connectivity index (χ3v) is 3.83. The van der Waals surface area contributed by atoms with Gasteiger partial charge in [0.05, 0.1) is 6.33 Å². The molecule has 0 atom stereocenters. The molecular weight excluding hydrogens is 306 g/mol. The number of imidazole rings is 1. The number of hydrogen-bond donors (Lipinski definition) is 2. The van der Waals surface area contributed by atoms with Gasteiger partial charge in [-0.15, -0.1) is 0 Å². The molecule has 128 valence electrons. The third kappa shape index (κ3) is 4.13. The summed E-state index contributed by atoms with van der Waals surface area (Å²) < 4.78 is 1.56. The van der Waals surface area contributed by atoms with Gasteiger partial charge in [0.15, 0.2) is 11.5 Å². The molecule has 0 fully saturated rings. The molecule has 2 amide bonds. The zero-order valence-corrected chi connectivity index (χ0v) is 14.2. The van der Waals surface area contributed by atoms with Gasteiger partial charge in [0.25, 0.3) is 5.91 Å². The molecule has 0 saturated carbocycles. The summed E-state index contributed by atoms with van der Waals surface area (Å²) in [4.78, 5) is 30.2. The molecule has 0 spiro atoms. The topological polar surface area (TPSA) is 79.3 Å². The van der Waals surface area contributed by atoms with Gasteiger partial charge in [0.1, 0.15) is 6.54 Å². The average molecular weight is 329 g/mol. The van der Waals surface area contributed by atoms with Crippen molar-refractivity contribution in [3.8, 4) is 0 Å². The Balaban J connectivity index is 2.01. The Labute approximate surface area is 141 Å². The minimum atomic E-state index is -0.281. The number of hydrogen-bond acceptors (Lipinski definition) is 4. The van der Waals surface area contributed by atoms with Gasteiger partial charge in [-0.2, -0.15) is 0 Å². The van der Waals surface area contributed by atoms with Gasteiger partial charge in [-0.3, -0.25) is 9.59 Å². The van der Waals surface area contributed by atoms with Crippen molar-refractivity contribution in [2.75, 3.05) is 33.0 Å². The maximum atomic E-state index is 12.4. The molecule has 2 N–H and O–H groups in total. The summed E-state index contributed by atoms with van der Waals surface area (Å²) in [6.07, 6.45) is 2.29. The summed E-state index contributed by atoms with van der Waals surface area (Å²) in [6, 6.07) is 10.0. The Kier molecular flexibility index (Phi) is 5.95. The van der Waals surface area contributed by atoms with E-state index in [9.17, 15) is 9.59 Å². The predicted molar refractivity (Wildman–Crippen MR) is 92.9 cm³/mol. The van der Waals surface area contributed by atoms with Crippen LogP contribution in [-0.2, 0) is 17.8 Å². The van der Waals surface area contributed by atoms with Gasteiger partial charge in [-0.25, -0.2) is 4.98 Å². The quantitative estimate of drug-likeness (QED) is 0.794. The maximum absolute atomic E-state index is 12.4. The first-order valence-electron chi connectivity index (χ1n) is 7.79. The number of likely N-dealkylation sites (N-methyl/N-ethyl adjacent to an activating group) is 1. The largest absolute Gasteiger partial charge is 0.371 e. The Hall–Kier alpha value is -2.83. The lowest BCUT2D eigenvalue weighted by Gasteiger charge is -2.18. The van der Waals surface area contributed by atoms with Gasteiger partial charge >= 0.3 is 0 Å². The highest BCUT2D eigenvalue weighted by Gasteiger charge is 2.19. The number of benzene rings is 1. The first-order chi connectivity index (χ1) is 11.6. The molecule has 1 aromatic heterocycles. The Morgan fingerprint density at radius 1 is 1.21 bits per heavy atom. The number of nitrogens with zero attached hydrogens (tertiary/aromatic N) is 3. The van der Waals surface area contributed by atoms with Crippen LogP contribution in [0.1, 0.15) is 16.1 Å². The molecule has 24 heavy (non-hydrogen) atoms. The molecule has 0 radical (unpaired) electrons. The average Bonchev–Trinajstić information content (AvgIpc) is 3.02. The first-order valence-corrected chi connectivity index (χ1v) is 7.79. The van der Waals surface area contributed by atoms with Crippen LogP contribution in [-0.4, -0.2) is 54.0 Å². The molecule has 0 saturated heterocycles. The van der Waals surface area contributed by atoms with E-state index in [0.717, 1.165) is 6.42 Å². The number of anilines is 1. The lowest BCUT2D eigenvalue weighted by atomic mass is 10.1. The smallest absolute Gasteiger partial charge is 0.271 e.